The monoisotopic (exact) mass is 525 g/mol. The maximum absolute atomic E-state index is 14.5. The second-order valence-electron chi connectivity index (χ2n) is 9.04. The predicted molar refractivity (Wildman–Crippen MR) is 141 cm³/mol. The third-order valence-electron chi connectivity index (χ3n) is 5.63. The van der Waals surface area contributed by atoms with Gasteiger partial charge in [-0.05, 0) is 53.0 Å². The van der Waals surface area contributed by atoms with Crippen LogP contribution in [0.15, 0.2) is 56.8 Å². The molecule has 0 fully saturated rings. The zero-order valence-electron chi connectivity index (χ0n) is 21.8. The summed E-state index contributed by atoms with van der Waals surface area (Å²) in [6.07, 6.45) is 0.423. The molecule has 1 heterocycles. The molecule has 4 N–H and O–H groups in total. The van der Waals surface area contributed by atoms with Gasteiger partial charge < -0.3 is 20.5 Å². The summed E-state index contributed by atoms with van der Waals surface area (Å²) in [6.45, 7) is 4.21. The molecule has 0 bridgehead atoms. The van der Waals surface area contributed by atoms with Crippen molar-refractivity contribution in [2.45, 2.75) is 39.3 Å². The average molecular weight is 526 g/mol. The van der Waals surface area contributed by atoms with E-state index in [4.69, 9.17) is 15.2 Å². The largest absolute Gasteiger partial charge is 0.493 e. The molecule has 1 aliphatic heterocycles. The van der Waals surface area contributed by atoms with Crippen molar-refractivity contribution in [2.75, 3.05) is 20.8 Å². The Morgan fingerprint density at radius 1 is 1.11 bits per heavy atom. The number of ether oxygens (including phenoxy) is 2. The Morgan fingerprint density at radius 3 is 2.47 bits per heavy atom. The second-order valence-corrected chi connectivity index (χ2v) is 9.04. The van der Waals surface area contributed by atoms with Crippen LogP contribution in [-0.4, -0.2) is 50.3 Å². The third-order valence-corrected chi connectivity index (χ3v) is 5.63. The van der Waals surface area contributed by atoms with E-state index < -0.39 is 23.7 Å². The van der Waals surface area contributed by atoms with E-state index in [1.165, 1.54) is 20.3 Å². The summed E-state index contributed by atoms with van der Waals surface area (Å²) in [5, 5.41) is 16.3. The lowest BCUT2D eigenvalue weighted by Gasteiger charge is -2.16. The van der Waals surface area contributed by atoms with Gasteiger partial charge in [0.25, 0.3) is 0 Å². The van der Waals surface area contributed by atoms with Gasteiger partial charge in [0, 0.05) is 12.1 Å². The van der Waals surface area contributed by atoms with E-state index in [2.05, 4.69) is 31.1 Å². The molecule has 3 rings (SSSR count). The van der Waals surface area contributed by atoms with Crippen LogP contribution < -0.4 is 25.8 Å². The molecule has 2 amide bonds. The van der Waals surface area contributed by atoms with Crippen molar-refractivity contribution in [3.63, 3.8) is 0 Å². The van der Waals surface area contributed by atoms with Crippen molar-refractivity contribution in [3.8, 4) is 11.5 Å². The summed E-state index contributed by atoms with van der Waals surface area (Å²) in [6, 6.07) is 8.92. The molecular formula is C26H32FN7O4. The molecule has 202 valence electrons. The number of rotatable bonds is 11. The molecule has 0 aliphatic carbocycles. The van der Waals surface area contributed by atoms with Gasteiger partial charge in [-0.1, -0.05) is 26.0 Å². The van der Waals surface area contributed by atoms with Crippen LogP contribution in [-0.2, 0) is 22.6 Å². The Morgan fingerprint density at radius 2 is 1.84 bits per heavy atom. The maximum atomic E-state index is 14.5. The second kappa shape index (κ2) is 13.3. The lowest BCUT2D eigenvalue weighted by molar-refractivity contribution is -0.123. The molecule has 0 spiro atoms. The number of carbonyl (C=O) groups excluding carboxylic acids is 2. The summed E-state index contributed by atoms with van der Waals surface area (Å²) in [5.74, 6) is -0.247. The summed E-state index contributed by atoms with van der Waals surface area (Å²) in [7, 11) is 3.04. The molecule has 1 aliphatic rings. The standard InChI is InChI=1S/C26H32FN7O4/c1-15(2)9-20(25(36)29-13-17-5-7-18(19(27)10-17)21-14-30-34-33-21)31-26(28)32-24(35)12-16-6-8-22(37-3)23(11-16)38-4/h5-8,10-11,15,20H,9,12-14H2,1-4H3,(H,29,36)(H3,28,31,32,35)/t20-/m1/s1. The number of guanidine groups is 1. The van der Waals surface area contributed by atoms with E-state index in [0.29, 0.717) is 40.3 Å². The number of nitrogens with zero attached hydrogens (tertiary/aromatic N) is 4. The molecule has 0 saturated heterocycles. The van der Waals surface area contributed by atoms with Gasteiger partial charge >= 0.3 is 0 Å². The number of amides is 2. The number of aliphatic imine (C=N–C) groups is 1. The topological polar surface area (TPSA) is 152 Å². The maximum Gasteiger partial charge on any atom is 0.245 e. The van der Waals surface area contributed by atoms with Crippen LogP contribution in [0.4, 0.5) is 4.39 Å². The van der Waals surface area contributed by atoms with E-state index in [1.807, 2.05) is 13.8 Å². The smallest absolute Gasteiger partial charge is 0.245 e. The van der Waals surface area contributed by atoms with Crippen LogP contribution in [0.5, 0.6) is 11.5 Å². The lowest BCUT2D eigenvalue weighted by Crippen LogP contribution is -2.41. The molecule has 0 unspecified atom stereocenters. The van der Waals surface area contributed by atoms with E-state index in [0.717, 1.165) is 0 Å². The number of nitrogens with one attached hydrogen (secondary N) is 2. The fourth-order valence-electron chi connectivity index (χ4n) is 3.79. The van der Waals surface area contributed by atoms with Gasteiger partial charge in [0.15, 0.2) is 17.5 Å². The van der Waals surface area contributed by atoms with Crippen molar-refractivity contribution >= 4 is 23.5 Å². The van der Waals surface area contributed by atoms with Gasteiger partial charge in [-0.25, -0.2) is 9.38 Å². The van der Waals surface area contributed by atoms with E-state index in [-0.39, 0.29) is 31.4 Å². The number of hydrogen-bond acceptors (Lipinski definition) is 8. The van der Waals surface area contributed by atoms with Gasteiger partial charge in [0.1, 0.15) is 18.4 Å². The first-order chi connectivity index (χ1) is 18.2. The number of benzene rings is 2. The van der Waals surface area contributed by atoms with Crippen molar-refractivity contribution in [3.05, 3.63) is 58.9 Å². The van der Waals surface area contributed by atoms with Crippen molar-refractivity contribution in [2.24, 2.45) is 32.1 Å². The molecule has 12 heteroatoms. The minimum Gasteiger partial charge on any atom is -0.493 e. The van der Waals surface area contributed by atoms with E-state index in [9.17, 15) is 14.0 Å². The van der Waals surface area contributed by atoms with Gasteiger partial charge in [0.05, 0.1) is 26.4 Å². The van der Waals surface area contributed by atoms with Gasteiger partial charge in [-0.3, -0.25) is 14.9 Å². The van der Waals surface area contributed by atoms with Crippen LogP contribution in [0, 0.1) is 11.7 Å². The highest BCUT2D eigenvalue weighted by molar-refractivity contribution is 6.02. The molecule has 1 atom stereocenters. The molecule has 0 saturated carbocycles. The Kier molecular flexibility index (Phi) is 9.85. The highest BCUT2D eigenvalue weighted by atomic mass is 19.1. The molecule has 38 heavy (non-hydrogen) atoms. The summed E-state index contributed by atoms with van der Waals surface area (Å²) in [4.78, 5) is 29.7. The van der Waals surface area contributed by atoms with Crippen LogP contribution in [0.1, 0.15) is 37.0 Å². The fraction of sp³-hybridized carbons (Fsp3) is 0.385. The SMILES string of the molecule is COc1ccc(CC(=O)NC(N)=N[C@H](CC(C)C)C(=O)NCc2ccc(C3=NN=NC3)c(F)c2)cc1OC. The molecule has 2 aromatic rings. The minimum absolute atomic E-state index is 0.0216. The van der Waals surface area contributed by atoms with Crippen molar-refractivity contribution in [1.29, 1.82) is 0 Å². The van der Waals surface area contributed by atoms with Crippen LogP contribution in [0.25, 0.3) is 0 Å². The summed E-state index contributed by atoms with van der Waals surface area (Å²) >= 11 is 0. The Hall–Kier alpha value is -4.35. The number of halogens is 1. The fourth-order valence-corrected chi connectivity index (χ4v) is 3.79. The zero-order valence-corrected chi connectivity index (χ0v) is 21.8. The van der Waals surface area contributed by atoms with Crippen LogP contribution in [0.2, 0.25) is 0 Å². The van der Waals surface area contributed by atoms with Crippen LogP contribution in [0.3, 0.4) is 0 Å². The number of methoxy groups -OCH3 is 2. The van der Waals surface area contributed by atoms with Crippen LogP contribution >= 0.6 is 0 Å². The molecular weight excluding hydrogens is 493 g/mol. The Balaban J connectivity index is 1.61. The molecule has 0 radical (unpaired) electrons. The number of nitrogens with two attached hydrogens (primary N) is 1. The Labute approximate surface area is 220 Å². The van der Waals surface area contributed by atoms with E-state index in [1.54, 1.807) is 30.3 Å². The molecule has 0 aromatic heterocycles. The zero-order chi connectivity index (χ0) is 27.7. The normalized spacial score (nSPS) is 13.7. The van der Waals surface area contributed by atoms with Gasteiger partial charge in [-0.15, -0.1) is 5.10 Å². The molecule has 11 nitrogen and oxygen atoms in total. The lowest BCUT2D eigenvalue weighted by atomic mass is 10.0. The van der Waals surface area contributed by atoms with Crippen molar-refractivity contribution < 1.29 is 23.5 Å². The highest BCUT2D eigenvalue weighted by Gasteiger charge is 2.21. The number of hydrogen-bond donors (Lipinski definition) is 3. The minimum atomic E-state index is -0.837. The first-order valence-electron chi connectivity index (χ1n) is 12.0. The number of carbonyl (C=O) groups is 2. The average Bonchev–Trinajstić information content (AvgIpc) is 3.41. The Bertz CT molecular complexity index is 1260. The first-order valence-corrected chi connectivity index (χ1v) is 12.0. The summed E-state index contributed by atoms with van der Waals surface area (Å²) < 4.78 is 25.0. The van der Waals surface area contributed by atoms with Gasteiger partial charge in [0.2, 0.25) is 11.8 Å². The summed E-state index contributed by atoms with van der Waals surface area (Å²) in [5.41, 5.74) is 7.99. The first kappa shape index (κ1) is 28.2. The van der Waals surface area contributed by atoms with Crippen molar-refractivity contribution in [1.82, 2.24) is 10.6 Å². The van der Waals surface area contributed by atoms with E-state index >= 15 is 0 Å². The van der Waals surface area contributed by atoms with Gasteiger partial charge in [-0.2, -0.15) is 5.11 Å². The quantitative estimate of drug-likeness (QED) is 0.304. The third kappa shape index (κ3) is 7.82. The molecule has 2 aromatic carbocycles. The highest BCUT2D eigenvalue weighted by Crippen LogP contribution is 2.27. The predicted octanol–water partition coefficient (Wildman–Crippen LogP) is 2.72.